The molecule has 0 fully saturated rings. The molecule has 5 rings (SSSR count). The van der Waals surface area contributed by atoms with Gasteiger partial charge in [-0.2, -0.15) is 18.3 Å². The highest BCUT2D eigenvalue weighted by molar-refractivity contribution is 6.07. The normalized spacial score (nSPS) is 19.2. The number of aromatic nitrogens is 2. The Bertz CT molecular complexity index is 1170. The SMILES string of the molecule is Cc1ccc([C@@H]2C[C@@H](C(F)(F)F)n3ncc(C(=O)Nc4ccc5c(c4)OCO5)c3N2)cc1. The van der Waals surface area contributed by atoms with Gasteiger partial charge in [-0.25, -0.2) is 4.68 Å². The Balaban J connectivity index is 1.46. The fourth-order valence-electron chi connectivity index (χ4n) is 3.92. The van der Waals surface area contributed by atoms with Crippen molar-refractivity contribution in [2.45, 2.75) is 31.6 Å². The van der Waals surface area contributed by atoms with Gasteiger partial charge < -0.3 is 20.1 Å². The number of aryl methyl sites for hydroxylation is 1. The molecule has 2 atom stereocenters. The van der Waals surface area contributed by atoms with Crippen LogP contribution in [0.1, 0.15) is 40.0 Å². The van der Waals surface area contributed by atoms with Gasteiger partial charge in [0.15, 0.2) is 17.5 Å². The van der Waals surface area contributed by atoms with Crippen LogP contribution in [-0.2, 0) is 0 Å². The maximum absolute atomic E-state index is 13.8. The Morgan fingerprint density at radius 1 is 1.16 bits per heavy atom. The van der Waals surface area contributed by atoms with Gasteiger partial charge in [-0.05, 0) is 24.6 Å². The molecular formula is C22H19F3N4O3. The molecule has 3 heterocycles. The molecule has 3 aromatic rings. The fraction of sp³-hybridized carbons (Fsp3) is 0.273. The number of carbonyl (C=O) groups is 1. The molecule has 2 aliphatic rings. The van der Waals surface area contributed by atoms with Crippen LogP contribution in [0.15, 0.2) is 48.7 Å². The molecule has 0 unspecified atom stereocenters. The Kier molecular flexibility index (Phi) is 4.72. The Hall–Kier alpha value is -3.69. The number of nitrogens with zero attached hydrogens (tertiary/aromatic N) is 2. The maximum atomic E-state index is 13.8. The topological polar surface area (TPSA) is 77.4 Å². The van der Waals surface area contributed by atoms with Gasteiger partial charge in [-0.3, -0.25) is 4.79 Å². The van der Waals surface area contributed by atoms with Gasteiger partial charge in [0.05, 0.1) is 12.2 Å². The van der Waals surface area contributed by atoms with Crippen LogP contribution in [0.25, 0.3) is 0 Å². The van der Waals surface area contributed by atoms with E-state index in [9.17, 15) is 18.0 Å². The minimum atomic E-state index is -4.52. The lowest BCUT2D eigenvalue weighted by Crippen LogP contribution is -2.36. The lowest BCUT2D eigenvalue weighted by Gasteiger charge is -2.34. The van der Waals surface area contributed by atoms with Crippen molar-refractivity contribution in [2.75, 3.05) is 17.4 Å². The molecule has 0 bridgehead atoms. The zero-order chi connectivity index (χ0) is 22.5. The van der Waals surface area contributed by atoms with Crippen molar-refractivity contribution in [3.63, 3.8) is 0 Å². The van der Waals surface area contributed by atoms with Crippen LogP contribution < -0.4 is 20.1 Å². The minimum absolute atomic E-state index is 0.0220. The van der Waals surface area contributed by atoms with Crippen molar-refractivity contribution >= 4 is 17.4 Å². The molecule has 1 amide bonds. The van der Waals surface area contributed by atoms with Crippen LogP contribution in [0.3, 0.4) is 0 Å². The van der Waals surface area contributed by atoms with Crippen molar-refractivity contribution in [3.05, 3.63) is 65.4 Å². The molecular weight excluding hydrogens is 425 g/mol. The zero-order valence-corrected chi connectivity index (χ0v) is 16.9. The third kappa shape index (κ3) is 3.61. The summed E-state index contributed by atoms with van der Waals surface area (Å²) in [5.74, 6) is 0.488. The molecule has 0 radical (unpaired) electrons. The van der Waals surface area contributed by atoms with Gasteiger partial charge in [0.25, 0.3) is 5.91 Å². The summed E-state index contributed by atoms with van der Waals surface area (Å²) >= 11 is 0. The van der Waals surface area contributed by atoms with E-state index in [4.69, 9.17) is 9.47 Å². The summed E-state index contributed by atoms with van der Waals surface area (Å²) in [4.78, 5) is 12.9. The molecule has 2 aromatic carbocycles. The molecule has 2 aliphatic heterocycles. The number of alkyl halides is 3. The molecule has 2 N–H and O–H groups in total. The van der Waals surface area contributed by atoms with E-state index in [1.54, 1.807) is 30.3 Å². The van der Waals surface area contributed by atoms with Gasteiger partial charge in [0.2, 0.25) is 6.79 Å². The molecule has 10 heteroatoms. The third-order valence-electron chi connectivity index (χ3n) is 5.59. The minimum Gasteiger partial charge on any atom is -0.454 e. The largest absolute Gasteiger partial charge is 0.454 e. The van der Waals surface area contributed by atoms with Crippen LogP contribution in [0.4, 0.5) is 24.7 Å². The van der Waals surface area contributed by atoms with Gasteiger partial charge in [0.1, 0.15) is 11.4 Å². The highest BCUT2D eigenvalue weighted by Gasteiger charge is 2.47. The first-order valence-electron chi connectivity index (χ1n) is 9.98. The maximum Gasteiger partial charge on any atom is 0.410 e. The molecule has 7 nitrogen and oxygen atoms in total. The fourth-order valence-corrected chi connectivity index (χ4v) is 3.92. The van der Waals surface area contributed by atoms with E-state index in [0.29, 0.717) is 22.7 Å². The van der Waals surface area contributed by atoms with Crippen LogP contribution in [0.2, 0.25) is 0 Å². The van der Waals surface area contributed by atoms with Crippen LogP contribution in [0, 0.1) is 6.92 Å². The monoisotopic (exact) mass is 444 g/mol. The number of anilines is 2. The number of amides is 1. The van der Waals surface area contributed by atoms with Crippen molar-refractivity contribution in [3.8, 4) is 11.5 Å². The van der Waals surface area contributed by atoms with Gasteiger partial charge in [0, 0.05) is 18.2 Å². The van der Waals surface area contributed by atoms with Crippen molar-refractivity contribution < 1.29 is 27.4 Å². The highest BCUT2D eigenvalue weighted by atomic mass is 19.4. The van der Waals surface area contributed by atoms with Crippen molar-refractivity contribution in [1.29, 1.82) is 0 Å². The van der Waals surface area contributed by atoms with E-state index in [-0.39, 0.29) is 24.6 Å². The summed E-state index contributed by atoms with van der Waals surface area (Å²) < 4.78 is 52.9. The molecule has 0 saturated carbocycles. The van der Waals surface area contributed by atoms with E-state index in [0.717, 1.165) is 16.4 Å². The van der Waals surface area contributed by atoms with E-state index in [1.807, 2.05) is 19.1 Å². The van der Waals surface area contributed by atoms with Crippen molar-refractivity contribution in [2.24, 2.45) is 0 Å². The number of halogens is 3. The summed E-state index contributed by atoms with van der Waals surface area (Å²) in [5, 5.41) is 9.67. The number of fused-ring (bicyclic) bond motifs is 2. The second kappa shape index (κ2) is 7.47. The van der Waals surface area contributed by atoms with Gasteiger partial charge in [-0.15, -0.1) is 0 Å². The number of nitrogens with one attached hydrogen (secondary N) is 2. The Labute approximate surface area is 181 Å². The molecule has 0 spiro atoms. The quantitative estimate of drug-likeness (QED) is 0.605. The van der Waals surface area contributed by atoms with Crippen LogP contribution in [0.5, 0.6) is 11.5 Å². The van der Waals surface area contributed by atoms with Crippen LogP contribution in [-0.4, -0.2) is 28.7 Å². The van der Waals surface area contributed by atoms with Gasteiger partial charge in [-0.1, -0.05) is 29.8 Å². The number of hydrogen-bond donors (Lipinski definition) is 2. The summed E-state index contributed by atoms with van der Waals surface area (Å²) in [6.45, 7) is 2.00. The number of hydrogen-bond acceptors (Lipinski definition) is 5. The first-order valence-corrected chi connectivity index (χ1v) is 9.98. The zero-order valence-electron chi connectivity index (χ0n) is 16.9. The average Bonchev–Trinajstić information content (AvgIpc) is 3.39. The standard InChI is InChI=1S/C22H19F3N4O3/c1-12-2-4-13(5-3-12)16-9-19(22(23,24)25)29-20(28-16)15(10-26-29)21(30)27-14-6-7-17-18(8-14)32-11-31-17/h2-8,10,16,19,28H,9,11H2,1H3,(H,27,30)/t16-,19-/m0/s1. The number of benzene rings is 2. The Morgan fingerprint density at radius 3 is 2.66 bits per heavy atom. The third-order valence-corrected chi connectivity index (χ3v) is 5.59. The molecule has 0 aliphatic carbocycles. The summed E-state index contributed by atoms with van der Waals surface area (Å²) in [7, 11) is 0. The molecule has 166 valence electrons. The van der Waals surface area contributed by atoms with Gasteiger partial charge >= 0.3 is 6.18 Å². The lowest BCUT2D eigenvalue weighted by atomic mass is 9.96. The van der Waals surface area contributed by atoms with E-state index < -0.39 is 24.2 Å². The average molecular weight is 444 g/mol. The second-order valence-electron chi connectivity index (χ2n) is 7.77. The summed E-state index contributed by atoms with van der Waals surface area (Å²) in [5.41, 5.74) is 2.16. The lowest BCUT2D eigenvalue weighted by molar-refractivity contribution is -0.173. The molecule has 32 heavy (non-hydrogen) atoms. The highest BCUT2D eigenvalue weighted by Crippen LogP contribution is 2.44. The predicted octanol–water partition coefficient (Wildman–Crippen LogP) is 4.83. The molecule has 0 saturated heterocycles. The van der Waals surface area contributed by atoms with E-state index in [1.165, 1.54) is 0 Å². The number of rotatable bonds is 3. The molecule has 1 aromatic heterocycles. The van der Waals surface area contributed by atoms with Crippen molar-refractivity contribution in [1.82, 2.24) is 9.78 Å². The first kappa shape index (κ1) is 20.2. The second-order valence-corrected chi connectivity index (χ2v) is 7.77. The summed E-state index contributed by atoms with van der Waals surface area (Å²) in [6, 6.07) is 9.67. The Morgan fingerprint density at radius 2 is 1.91 bits per heavy atom. The predicted molar refractivity (Wildman–Crippen MR) is 110 cm³/mol. The van der Waals surface area contributed by atoms with E-state index in [2.05, 4.69) is 15.7 Å². The van der Waals surface area contributed by atoms with E-state index >= 15 is 0 Å². The first-order chi connectivity index (χ1) is 15.3. The number of ether oxygens (including phenoxy) is 2. The van der Waals surface area contributed by atoms with Crippen LogP contribution >= 0.6 is 0 Å². The smallest absolute Gasteiger partial charge is 0.410 e. The summed E-state index contributed by atoms with van der Waals surface area (Å²) in [6.07, 6.45) is -3.59. The number of carbonyl (C=O) groups excluding carboxylic acids is 1.